The standard InChI is InChI=1S/C24H28N2O5/c1-29-21-12-17-8-10-25(20(14-24(28)31-3)18(17)13-22(21)30-2)15-23(27)26-11-9-16-6-4-5-7-19(16)26/h4-7,12-13,20H,8-11,14-15H2,1-3H3/t20-/m0/s1. The second-order valence-corrected chi connectivity index (χ2v) is 7.85. The number of amides is 1. The van der Waals surface area contributed by atoms with E-state index in [2.05, 4.69) is 11.0 Å². The first-order valence-electron chi connectivity index (χ1n) is 10.5. The molecule has 1 atom stereocenters. The maximum atomic E-state index is 13.2. The molecule has 1 amide bonds. The highest BCUT2D eigenvalue weighted by molar-refractivity contribution is 5.96. The van der Waals surface area contributed by atoms with Crippen LogP contribution in [-0.4, -0.2) is 57.7 Å². The van der Waals surface area contributed by atoms with Gasteiger partial charge in [-0.25, -0.2) is 0 Å². The van der Waals surface area contributed by atoms with E-state index in [4.69, 9.17) is 14.2 Å². The lowest BCUT2D eigenvalue weighted by Crippen LogP contribution is -2.44. The van der Waals surface area contributed by atoms with Gasteiger partial charge in [-0.1, -0.05) is 18.2 Å². The lowest BCUT2D eigenvalue weighted by molar-refractivity contribution is -0.142. The van der Waals surface area contributed by atoms with Crippen LogP contribution < -0.4 is 14.4 Å². The summed E-state index contributed by atoms with van der Waals surface area (Å²) in [7, 11) is 4.59. The van der Waals surface area contributed by atoms with Gasteiger partial charge in [-0.2, -0.15) is 0 Å². The molecule has 0 radical (unpaired) electrons. The van der Waals surface area contributed by atoms with E-state index < -0.39 is 0 Å². The van der Waals surface area contributed by atoms with Crippen LogP contribution in [0, 0.1) is 0 Å². The zero-order valence-electron chi connectivity index (χ0n) is 18.2. The molecule has 4 rings (SSSR count). The molecule has 2 aliphatic rings. The number of esters is 1. The van der Waals surface area contributed by atoms with E-state index in [1.165, 1.54) is 12.7 Å². The van der Waals surface area contributed by atoms with Gasteiger partial charge < -0.3 is 19.1 Å². The fourth-order valence-electron chi connectivity index (χ4n) is 4.61. The van der Waals surface area contributed by atoms with Gasteiger partial charge in [0.05, 0.1) is 34.3 Å². The number of benzene rings is 2. The Hall–Kier alpha value is -3.06. The molecule has 0 aliphatic carbocycles. The van der Waals surface area contributed by atoms with Crippen LogP contribution in [0.5, 0.6) is 11.5 Å². The molecule has 7 nitrogen and oxygen atoms in total. The van der Waals surface area contributed by atoms with E-state index in [0.29, 0.717) is 24.6 Å². The summed E-state index contributed by atoms with van der Waals surface area (Å²) in [6, 6.07) is 11.6. The van der Waals surface area contributed by atoms with Crippen LogP contribution >= 0.6 is 0 Å². The van der Waals surface area contributed by atoms with Crippen LogP contribution in [0.1, 0.15) is 29.2 Å². The van der Waals surface area contributed by atoms with Crippen molar-refractivity contribution < 1.29 is 23.8 Å². The van der Waals surface area contributed by atoms with E-state index in [-0.39, 0.29) is 30.9 Å². The van der Waals surface area contributed by atoms with Gasteiger partial charge in [-0.3, -0.25) is 14.5 Å². The number of hydrogen-bond donors (Lipinski definition) is 0. The van der Waals surface area contributed by atoms with Gasteiger partial charge in [0.25, 0.3) is 0 Å². The van der Waals surface area contributed by atoms with Crippen molar-refractivity contribution in [1.29, 1.82) is 0 Å². The minimum atomic E-state index is -0.309. The lowest BCUT2D eigenvalue weighted by atomic mass is 9.90. The molecule has 2 aromatic carbocycles. The van der Waals surface area contributed by atoms with E-state index in [1.54, 1.807) is 14.2 Å². The summed E-state index contributed by atoms with van der Waals surface area (Å²) >= 11 is 0. The highest BCUT2D eigenvalue weighted by Gasteiger charge is 2.34. The molecule has 2 aromatic rings. The fourth-order valence-corrected chi connectivity index (χ4v) is 4.61. The zero-order valence-corrected chi connectivity index (χ0v) is 18.2. The molecule has 2 aliphatic heterocycles. The lowest BCUT2D eigenvalue weighted by Gasteiger charge is -2.37. The molecule has 31 heavy (non-hydrogen) atoms. The molecule has 164 valence electrons. The first-order chi connectivity index (χ1) is 15.0. The van der Waals surface area contributed by atoms with Crippen LogP contribution in [0.3, 0.4) is 0 Å². The number of hydrogen-bond acceptors (Lipinski definition) is 6. The van der Waals surface area contributed by atoms with Gasteiger partial charge >= 0.3 is 5.97 Å². The van der Waals surface area contributed by atoms with Crippen LogP contribution in [0.4, 0.5) is 5.69 Å². The number of carbonyl (C=O) groups excluding carboxylic acids is 2. The summed E-state index contributed by atoms with van der Waals surface area (Å²) in [5, 5.41) is 0. The number of fused-ring (bicyclic) bond motifs is 2. The van der Waals surface area contributed by atoms with Gasteiger partial charge in [-0.15, -0.1) is 0 Å². The third-order valence-corrected chi connectivity index (χ3v) is 6.23. The van der Waals surface area contributed by atoms with Crippen molar-refractivity contribution in [1.82, 2.24) is 4.90 Å². The Bertz CT molecular complexity index is 990. The average molecular weight is 424 g/mol. The third kappa shape index (κ3) is 4.10. The second kappa shape index (κ2) is 8.98. The third-order valence-electron chi connectivity index (χ3n) is 6.23. The Morgan fingerprint density at radius 3 is 2.42 bits per heavy atom. The molecule has 0 aromatic heterocycles. The Morgan fingerprint density at radius 1 is 0.968 bits per heavy atom. The zero-order chi connectivity index (χ0) is 22.0. The van der Waals surface area contributed by atoms with Crippen LogP contribution in [0.15, 0.2) is 36.4 Å². The van der Waals surface area contributed by atoms with Crippen molar-refractivity contribution in [3.63, 3.8) is 0 Å². The Morgan fingerprint density at radius 2 is 1.68 bits per heavy atom. The van der Waals surface area contributed by atoms with Crippen molar-refractivity contribution in [2.45, 2.75) is 25.3 Å². The quantitative estimate of drug-likeness (QED) is 0.665. The number of methoxy groups -OCH3 is 3. The number of carbonyl (C=O) groups is 2. The Labute approximate surface area is 182 Å². The van der Waals surface area contributed by atoms with Gasteiger partial charge in [0.15, 0.2) is 11.5 Å². The van der Waals surface area contributed by atoms with Crippen molar-refractivity contribution in [2.75, 3.05) is 45.9 Å². The molecule has 0 saturated carbocycles. The van der Waals surface area contributed by atoms with Crippen molar-refractivity contribution >= 4 is 17.6 Å². The van der Waals surface area contributed by atoms with Crippen LogP contribution in [-0.2, 0) is 27.2 Å². The van der Waals surface area contributed by atoms with E-state index in [0.717, 1.165) is 29.7 Å². The normalized spacial score (nSPS) is 17.6. The summed E-state index contributed by atoms with van der Waals surface area (Å²) in [6.07, 6.45) is 1.80. The fraction of sp³-hybridized carbons (Fsp3) is 0.417. The smallest absolute Gasteiger partial charge is 0.307 e. The highest BCUT2D eigenvalue weighted by atomic mass is 16.5. The molecular weight excluding hydrogens is 396 g/mol. The molecule has 7 heteroatoms. The number of rotatable bonds is 6. The molecule has 0 fully saturated rings. The Balaban J connectivity index is 1.61. The minimum Gasteiger partial charge on any atom is -0.493 e. The maximum Gasteiger partial charge on any atom is 0.307 e. The number of ether oxygens (including phenoxy) is 3. The summed E-state index contributed by atoms with van der Waals surface area (Å²) in [5.41, 5.74) is 4.26. The SMILES string of the molecule is COC(=O)C[C@H]1c2cc(OC)c(OC)cc2CCN1CC(=O)N1CCc2ccccc21. The summed E-state index contributed by atoms with van der Waals surface area (Å²) < 4.78 is 15.9. The number of nitrogens with zero attached hydrogens (tertiary/aromatic N) is 2. The second-order valence-electron chi connectivity index (χ2n) is 7.85. The van der Waals surface area contributed by atoms with Crippen molar-refractivity contribution in [3.05, 3.63) is 53.1 Å². The highest BCUT2D eigenvalue weighted by Crippen LogP contribution is 2.39. The van der Waals surface area contributed by atoms with Crippen molar-refractivity contribution in [2.24, 2.45) is 0 Å². The summed E-state index contributed by atoms with van der Waals surface area (Å²) in [4.78, 5) is 29.4. The predicted octanol–water partition coefficient (Wildman–Crippen LogP) is 2.76. The number of para-hydroxylation sites is 1. The van der Waals surface area contributed by atoms with Gasteiger partial charge in [0, 0.05) is 24.8 Å². The van der Waals surface area contributed by atoms with E-state index >= 15 is 0 Å². The minimum absolute atomic E-state index is 0.0451. The molecule has 0 spiro atoms. The molecule has 0 N–H and O–H groups in total. The summed E-state index contributed by atoms with van der Waals surface area (Å²) in [6.45, 7) is 1.60. The largest absolute Gasteiger partial charge is 0.493 e. The first-order valence-corrected chi connectivity index (χ1v) is 10.5. The van der Waals surface area contributed by atoms with Gasteiger partial charge in [0.1, 0.15) is 0 Å². The maximum absolute atomic E-state index is 13.2. The van der Waals surface area contributed by atoms with Crippen LogP contribution in [0.25, 0.3) is 0 Å². The predicted molar refractivity (Wildman–Crippen MR) is 117 cm³/mol. The van der Waals surface area contributed by atoms with E-state index in [1.807, 2.05) is 35.2 Å². The first kappa shape index (κ1) is 21.2. The van der Waals surface area contributed by atoms with Gasteiger partial charge in [-0.05, 0) is 47.7 Å². The molecular formula is C24H28N2O5. The molecule has 0 unspecified atom stereocenters. The number of anilines is 1. The monoisotopic (exact) mass is 424 g/mol. The Kier molecular flexibility index (Phi) is 6.13. The van der Waals surface area contributed by atoms with Crippen LogP contribution in [0.2, 0.25) is 0 Å². The summed E-state index contributed by atoms with van der Waals surface area (Å²) in [5.74, 6) is 1.01. The molecule has 0 bridgehead atoms. The van der Waals surface area contributed by atoms with Gasteiger partial charge in [0.2, 0.25) is 5.91 Å². The average Bonchev–Trinajstić information content (AvgIpc) is 3.23. The topological polar surface area (TPSA) is 68.3 Å². The molecule has 2 heterocycles. The van der Waals surface area contributed by atoms with Crippen molar-refractivity contribution in [3.8, 4) is 11.5 Å². The molecule has 0 saturated heterocycles. The van der Waals surface area contributed by atoms with E-state index in [9.17, 15) is 9.59 Å².